The monoisotopic (exact) mass is 575 g/mol. The van der Waals surface area contributed by atoms with Gasteiger partial charge in [0.1, 0.15) is 17.5 Å². The number of carbonyl (C=O) groups is 2. The average Bonchev–Trinajstić information content (AvgIpc) is 3.47. The molecule has 2 aromatic carbocycles. The van der Waals surface area contributed by atoms with Crippen molar-refractivity contribution in [1.82, 2.24) is 24.7 Å². The summed E-state index contributed by atoms with van der Waals surface area (Å²) in [5.41, 5.74) is 3.23. The highest BCUT2D eigenvalue weighted by molar-refractivity contribution is 7.99. The number of hydrogen-bond acceptors (Lipinski definition) is 8. The van der Waals surface area contributed by atoms with Gasteiger partial charge in [0.05, 0.1) is 6.10 Å². The molecule has 0 atom stereocenters. The molecule has 2 N–H and O–H groups in total. The number of nitrogens with zero attached hydrogens (tertiary/aromatic N) is 5. The molecule has 0 saturated carbocycles. The van der Waals surface area contributed by atoms with E-state index in [1.807, 2.05) is 12.1 Å². The highest BCUT2D eigenvalue weighted by Gasteiger charge is 2.24. The van der Waals surface area contributed by atoms with E-state index in [2.05, 4.69) is 80.9 Å². The third-order valence-electron chi connectivity index (χ3n) is 6.44. The summed E-state index contributed by atoms with van der Waals surface area (Å²) >= 11 is 1.79. The number of ether oxygens (including phenoxy) is 1. The average molecular weight is 576 g/mol. The van der Waals surface area contributed by atoms with Crippen LogP contribution in [-0.2, 0) is 14.3 Å². The first kappa shape index (κ1) is 29.9. The second kappa shape index (κ2) is 15.7. The molecule has 1 fully saturated rings. The van der Waals surface area contributed by atoms with Crippen LogP contribution in [0.25, 0.3) is 5.65 Å². The summed E-state index contributed by atoms with van der Waals surface area (Å²) < 4.78 is 8.40. The van der Waals surface area contributed by atoms with E-state index in [9.17, 15) is 9.59 Å². The first-order valence-electron chi connectivity index (χ1n) is 13.4. The number of aliphatic carboxylic acids is 2. The predicted octanol–water partition coefficient (Wildman–Crippen LogP) is 4.59. The molecule has 0 bridgehead atoms. The van der Waals surface area contributed by atoms with E-state index in [1.54, 1.807) is 22.6 Å². The molecule has 0 amide bonds. The maximum absolute atomic E-state index is 9.55. The van der Waals surface area contributed by atoms with E-state index < -0.39 is 11.9 Å². The molecule has 4 aromatic rings. The van der Waals surface area contributed by atoms with Crippen molar-refractivity contribution in [2.45, 2.75) is 36.5 Å². The van der Waals surface area contributed by atoms with Gasteiger partial charge >= 0.3 is 11.9 Å². The largest absolute Gasteiger partial charge is 0.478 e. The fourth-order valence-corrected chi connectivity index (χ4v) is 5.25. The standard InChI is InChI=1S/C26H29N5OS.C4H4O4/c1-3-8-21(9-4-1)26(22-10-5-2-6-11-22)32-23-14-17-30(18-15-23)16-7-19-33-25-13-12-24-28-27-20-31(24)29-25;5-3(6)1-2-4(7)8/h1-6,8-13,20,23,26H,7,14-19H2;1-2H,(H,5,6)(H,7,8)/b;2-1+. The van der Waals surface area contributed by atoms with E-state index >= 15 is 0 Å². The van der Waals surface area contributed by atoms with Crippen LogP contribution < -0.4 is 0 Å². The fraction of sp³-hybridized carbons (Fsp3) is 0.300. The summed E-state index contributed by atoms with van der Waals surface area (Å²) in [6, 6.07) is 25.1. The van der Waals surface area contributed by atoms with Crippen LogP contribution in [0.1, 0.15) is 36.5 Å². The molecule has 10 nitrogen and oxygen atoms in total. The Morgan fingerprint density at radius 2 is 1.54 bits per heavy atom. The first-order valence-corrected chi connectivity index (χ1v) is 14.4. The van der Waals surface area contributed by atoms with Crippen molar-refractivity contribution in [2.75, 3.05) is 25.4 Å². The van der Waals surface area contributed by atoms with Gasteiger partial charge in [-0.3, -0.25) is 0 Å². The molecular formula is C30H33N5O5S. The highest BCUT2D eigenvalue weighted by atomic mass is 32.2. The zero-order chi connectivity index (χ0) is 28.9. The molecular weight excluding hydrogens is 542 g/mol. The van der Waals surface area contributed by atoms with Gasteiger partial charge < -0.3 is 19.8 Å². The number of hydrogen-bond donors (Lipinski definition) is 2. The molecule has 1 saturated heterocycles. The number of carboxylic acids is 2. The van der Waals surface area contributed by atoms with Crippen LogP contribution >= 0.6 is 11.8 Å². The maximum Gasteiger partial charge on any atom is 0.328 e. The van der Waals surface area contributed by atoms with Crippen molar-refractivity contribution in [3.63, 3.8) is 0 Å². The van der Waals surface area contributed by atoms with Crippen LogP contribution in [0.2, 0.25) is 0 Å². The number of piperidine rings is 1. The van der Waals surface area contributed by atoms with E-state index in [1.165, 1.54) is 11.1 Å². The second-order valence-corrected chi connectivity index (χ2v) is 10.5. The van der Waals surface area contributed by atoms with Crippen molar-refractivity contribution in [3.05, 3.63) is 102 Å². The van der Waals surface area contributed by atoms with Gasteiger partial charge in [0.25, 0.3) is 0 Å². The highest BCUT2D eigenvalue weighted by Crippen LogP contribution is 2.30. The molecule has 41 heavy (non-hydrogen) atoms. The van der Waals surface area contributed by atoms with E-state index in [-0.39, 0.29) is 6.10 Å². The number of rotatable bonds is 11. The van der Waals surface area contributed by atoms with Crippen LogP contribution in [-0.4, -0.2) is 78.4 Å². The van der Waals surface area contributed by atoms with Crippen molar-refractivity contribution >= 4 is 29.3 Å². The Bertz CT molecular complexity index is 1350. The number of aromatic nitrogens is 4. The third-order valence-corrected chi connectivity index (χ3v) is 7.45. The van der Waals surface area contributed by atoms with Crippen molar-refractivity contribution in [2.24, 2.45) is 0 Å². The number of fused-ring (bicyclic) bond motifs is 1. The lowest BCUT2D eigenvalue weighted by Gasteiger charge is -2.34. The molecule has 0 aliphatic carbocycles. The maximum atomic E-state index is 9.55. The molecule has 3 heterocycles. The summed E-state index contributed by atoms with van der Waals surface area (Å²) in [6.45, 7) is 3.31. The molecule has 1 aliphatic heterocycles. The minimum absolute atomic E-state index is 0.00381. The third kappa shape index (κ3) is 9.82. The molecule has 214 valence electrons. The molecule has 1 aliphatic rings. The summed E-state index contributed by atoms with van der Waals surface area (Å²) in [7, 11) is 0. The van der Waals surface area contributed by atoms with E-state index in [4.69, 9.17) is 14.9 Å². The Kier molecular flexibility index (Phi) is 11.4. The second-order valence-electron chi connectivity index (χ2n) is 9.40. The predicted molar refractivity (Wildman–Crippen MR) is 156 cm³/mol. The van der Waals surface area contributed by atoms with Gasteiger partial charge in [-0.1, -0.05) is 60.7 Å². The number of benzene rings is 2. The summed E-state index contributed by atoms with van der Waals surface area (Å²) in [6.07, 6.45) is 6.35. The van der Waals surface area contributed by atoms with Gasteiger partial charge in [0, 0.05) is 31.0 Å². The van der Waals surface area contributed by atoms with Gasteiger partial charge in [-0.15, -0.1) is 22.0 Å². The molecule has 11 heteroatoms. The van der Waals surface area contributed by atoms with Gasteiger partial charge in [-0.05, 0) is 49.1 Å². The summed E-state index contributed by atoms with van der Waals surface area (Å²) in [4.78, 5) is 21.7. The Hall–Kier alpha value is -4.06. The van der Waals surface area contributed by atoms with Gasteiger partial charge in [-0.2, -0.15) is 9.61 Å². The Morgan fingerprint density at radius 1 is 0.927 bits per heavy atom. The Morgan fingerprint density at radius 3 is 2.12 bits per heavy atom. The quantitative estimate of drug-likeness (QED) is 0.149. The van der Waals surface area contributed by atoms with Crippen molar-refractivity contribution in [1.29, 1.82) is 0 Å². The van der Waals surface area contributed by atoms with Crippen LogP contribution in [0, 0.1) is 0 Å². The Balaban J connectivity index is 0.000000426. The zero-order valence-corrected chi connectivity index (χ0v) is 23.3. The molecule has 0 radical (unpaired) electrons. The molecule has 0 unspecified atom stereocenters. The van der Waals surface area contributed by atoms with Crippen LogP contribution in [0.15, 0.2) is 96.3 Å². The number of thioether (sulfide) groups is 1. The number of carboxylic acid groups (broad SMARTS) is 2. The fourth-order valence-electron chi connectivity index (χ4n) is 4.46. The zero-order valence-electron chi connectivity index (χ0n) is 22.5. The lowest BCUT2D eigenvalue weighted by atomic mass is 10.00. The van der Waals surface area contributed by atoms with E-state index in [0.717, 1.165) is 55.3 Å². The van der Waals surface area contributed by atoms with Gasteiger partial charge in [-0.25, -0.2) is 9.59 Å². The topological polar surface area (TPSA) is 130 Å². The molecule has 2 aromatic heterocycles. The molecule has 0 spiro atoms. The number of likely N-dealkylation sites (tertiary alicyclic amines) is 1. The summed E-state index contributed by atoms with van der Waals surface area (Å²) in [5, 5.41) is 29.1. The SMILES string of the molecule is O=C(O)/C=C/C(=O)O.c1ccc(C(OC2CCN(CCCSc3ccc4nncn4n3)CC2)c2ccccc2)cc1. The van der Waals surface area contributed by atoms with Crippen molar-refractivity contribution < 1.29 is 24.5 Å². The lowest BCUT2D eigenvalue weighted by Crippen LogP contribution is -2.38. The minimum atomic E-state index is -1.26. The smallest absolute Gasteiger partial charge is 0.328 e. The summed E-state index contributed by atoms with van der Waals surface area (Å²) in [5.74, 6) is -1.46. The van der Waals surface area contributed by atoms with Crippen LogP contribution in [0.4, 0.5) is 0 Å². The minimum Gasteiger partial charge on any atom is -0.478 e. The first-order chi connectivity index (χ1) is 20.0. The lowest BCUT2D eigenvalue weighted by molar-refractivity contribution is -0.134. The van der Waals surface area contributed by atoms with Gasteiger partial charge in [0.15, 0.2) is 5.65 Å². The van der Waals surface area contributed by atoms with Gasteiger partial charge in [0.2, 0.25) is 0 Å². The van der Waals surface area contributed by atoms with Crippen LogP contribution in [0.3, 0.4) is 0 Å². The molecule has 5 rings (SSSR count). The van der Waals surface area contributed by atoms with E-state index in [0.29, 0.717) is 18.3 Å². The van der Waals surface area contributed by atoms with Crippen molar-refractivity contribution in [3.8, 4) is 0 Å². The normalized spacial score (nSPS) is 14.3. The Labute approximate surface area is 242 Å². The van der Waals surface area contributed by atoms with Crippen LogP contribution in [0.5, 0.6) is 0 Å².